The molecule has 1 N–H and O–H groups in total. The highest BCUT2D eigenvalue weighted by Crippen LogP contribution is 2.22. The van der Waals surface area contributed by atoms with Gasteiger partial charge in [0.1, 0.15) is 0 Å². The molecule has 23 heavy (non-hydrogen) atoms. The van der Waals surface area contributed by atoms with Crippen LogP contribution in [0.3, 0.4) is 0 Å². The van der Waals surface area contributed by atoms with Crippen molar-refractivity contribution in [1.82, 2.24) is 5.43 Å². The number of nitrogens with zero attached hydrogens (tertiary/aromatic N) is 1. The van der Waals surface area contributed by atoms with Gasteiger partial charge in [-0.2, -0.15) is 5.10 Å². The molecule has 0 bridgehead atoms. The van der Waals surface area contributed by atoms with Gasteiger partial charge >= 0.3 is 0 Å². The molecule has 3 rings (SSSR count). The van der Waals surface area contributed by atoms with Crippen LogP contribution in [0.15, 0.2) is 47.6 Å². The van der Waals surface area contributed by atoms with Crippen molar-refractivity contribution < 1.29 is 4.79 Å². The molecule has 0 unspecified atom stereocenters. The monoisotopic (exact) mass is 306 g/mol. The van der Waals surface area contributed by atoms with Crippen LogP contribution in [0.2, 0.25) is 0 Å². The summed E-state index contributed by atoms with van der Waals surface area (Å²) >= 11 is 0. The summed E-state index contributed by atoms with van der Waals surface area (Å²) in [5.41, 5.74) is 9.14. The standard InChI is InChI=1S/C20H22N2O/c1-14-6-5-9-19(12-14)20(23)22-21-15(2)17-11-10-16-7-3-4-8-18(16)13-17/h5-6,9-13H,3-4,7-8H2,1-2H3,(H,22,23)/b21-15+. The van der Waals surface area contributed by atoms with E-state index in [0.717, 1.165) is 23.3 Å². The molecule has 0 atom stereocenters. The minimum Gasteiger partial charge on any atom is -0.267 e. The fourth-order valence-electron chi connectivity index (χ4n) is 3.01. The molecule has 1 amide bonds. The smallest absolute Gasteiger partial charge is 0.267 e. The molecular formula is C20H22N2O. The Bertz CT molecular complexity index is 762. The van der Waals surface area contributed by atoms with Crippen LogP contribution in [0.4, 0.5) is 0 Å². The highest BCUT2D eigenvalue weighted by molar-refractivity contribution is 6.01. The third-order valence-corrected chi connectivity index (χ3v) is 4.37. The van der Waals surface area contributed by atoms with Gasteiger partial charge < -0.3 is 0 Å². The van der Waals surface area contributed by atoms with E-state index in [1.807, 2.05) is 32.0 Å². The van der Waals surface area contributed by atoms with Crippen LogP contribution in [0.5, 0.6) is 0 Å². The zero-order chi connectivity index (χ0) is 16.2. The first-order chi connectivity index (χ1) is 11.1. The van der Waals surface area contributed by atoms with Gasteiger partial charge in [0.25, 0.3) is 5.91 Å². The lowest BCUT2D eigenvalue weighted by Gasteiger charge is -2.16. The van der Waals surface area contributed by atoms with E-state index in [9.17, 15) is 4.79 Å². The highest BCUT2D eigenvalue weighted by Gasteiger charge is 2.11. The van der Waals surface area contributed by atoms with Crippen LogP contribution < -0.4 is 5.43 Å². The zero-order valence-corrected chi connectivity index (χ0v) is 13.7. The molecule has 0 saturated heterocycles. The lowest BCUT2D eigenvalue weighted by molar-refractivity contribution is 0.0954. The minimum absolute atomic E-state index is 0.175. The second kappa shape index (κ2) is 6.78. The maximum atomic E-state index is 12.1. The van der Waals surface area contributed by atoms with E-state index in [-0.39, 0.29) is 5.91 Å². The third-order valence-electron chi connectivity index (χ3n) is 4.37. The molecular weight excluding hydrogens is 284 g/mol. The van der Waals surface area contributed by atoms with Gasteiger partial charge in [0.2, 0.25) is 0 Å². The van der Waals surface area contributed by atoms with Crippen LogP contribution in [0.1, 0.15) is 52.4 Å². The van der Waals surface area contributed by atoms with Crippen molar-refractivity contribution in [3.63, 3.8) is 0 Å². The molecule has 0 spiro atoms. The molecule has 0 fully saturated rings. The first-order valence-electron chi connectivity index (χ1n) is 8.17. The first-order valence-corrected chi connectivity index (χ1v) is 8.17. The highest BCUT2D eigenvalue weighted by atomic mass is 16.2. The largest absolute Gasteiger partial charge is 0.271 e. The van der Waals surface area contributed by atoms with Crippen molar-refractivity contribution in [3.8, 4) is 0 Å². The van der Waals surface area contributed by atoms with Crippen LogP contribution in [0.25, 0.3) is 0 Å². The van der Waals surface area contributed by atoms with Crippen LogP contribution in [0, 0.1) is 6.92 Å². The van der Waals surface area contributed by atoms with Gasteiger partial charge in [-0.3, -0.25) is 4.79 Å². The first kappa shape index (κ1) is 15.5. The number of hydrazone groups is 1. The fourth-order valence-corrected chi connectivity index (χ4v) is 3.01. The van der Waals surface area contributed by atoms with Crippen molar-refractivity contribution >= 4 is 11.6 Å². The molecule has 1 aliphatic rings. The Balaban J connectivity index is 1.73. The number of carbonyl (C=O) groups is 1. The molecule has 2 aromatic rings. The van der Waals surface area contributed by atoms with E-state index in [1.54, 1.807) is 6.07 Å². The van der Waals surface area contributed by atoms with Crippen molar-refractivity contribution in [2.75, 3.05) is 0 Å². The van der Waals surface area contributed by atoms with Gasteiger partial charge in [0, 0.05) is 5.56 Å². The number of aryl methyl sites for hydroxylation is 3. The Morgan fingerprint density at radius 1 is 1.00 bits per heavy atom. The normalized spacial score (nSPS) is 14.3. The van der Waals surface area contributed by atoms with E-state index in [1.165, 1.54) is 30.4 Å². The van der Waals surface area contributed by atoms with Gasteiger partial charge in [0.05, 0.1) is 5.71 Å². The third kappa shape index (κ3) is 3.67. The average molecular weight is 306 g/mol. The molecule has 0 aliphatic heterocycles. The summed E-state index contributed by atoms with van der Waals surface area (Å²) in [4.78, 5) is 12.1. The summed E-state index contributed by atoms with van der Waals surface area (Å²) in [6.45, 7) is 3.90. The van der Waals surface area contributed by atoms with Crippen molar-refractivity contribution in [3.05, 3.63) is 70.3 Å². The summed E-state index contributed by atoms with van der Waals surface area (Å²) in [6, 6.07) is 14.0. The fraction of sp³-hybridized carbons (Fsp3) is 0.300. The number of nitrogens with one attached hydrogen (secondary N) is 1. The van der Waals surface area contributed by atoms with Crippen molar-refractivity contribution in [1.29, 1.82) is 0 Å². The predicted molar refractivity (Wildman–Crippen MR) is 93.9 cm³/mol. The van der Waals surface area contributed by atoms with Gasteiger partial charge in [-0.05, 0) is 74.4 Å². The Labute approximate surface area is 137 Å². The summed E-state index contributed by atoms with van der Waals surface area (Å²) < 4.78 is 0. The number of amides is 1. The maximum Gasteiger partial charge on any atom is 0.271 e. The summed E-state index contributed by atoms with van der Waals surface area (Å²) in [5.74, 6) is -0.175. The molecule has 3 heteroatoms. The number of rotatable bonds is 3. The summed E-state index contributed by atoms with van der Waals surface area (Å²) in [5, 5.41) is 4.27. The molecule has 0 aromatic heterocycles. The second-order valence-electron chi connectivity index (χ2n) is 6.20. The average Bonchev–Trinajstić information content (AvgIpc) is 2.59. The molecule has 0 radical (unpaired) electrons. The zero-order valence-electron chi connectivity index (χ0n) is 13.7. The lowest BCUT2D eigenvalue weighted by atomic mass is 9.90. The second-order valence-corrected chi connectivity index (χ2v) is 6.20. The van der Waals surface area contributed by atoms with Crippen molar-refractivity contribution in [2.45, 2.75) is 39.5 Å². The van der Waals surface area contributed by atoms with E-state index < -0.39 is 0 Å². The Morgan fingerprint density at radius 3 is 2.57 bits per heavy atom. The topological polar surface area (TPSA) is 41.5 Å². The lowest BCUT2D eigenvalue weighted by Crippen LogP contribution is -2.19. The summed E-state index contributed by atoms with van der Waals surface area (Å²) in [7, 11) is 0. The molecule has 2 aromatic carbocycles. The SMILES string of the molecule is C/C(=N\NC(=O)c1cccc(C)c1)c1ccc2c(c1)CCCC2. The van der Waals surface area contributed by atoms with Gasteiger partial charge in [-0.25, -0.2) is 5.43 Å². The Kier molecular flexibility index (Phi) is 4.56. The number of hydrogen-bond donors (Lipinski definition) is 1. The van der Waals surface area contributed by atoms with Crippen LogP contribution in [-0.2, 0) is 12.8 Å². The van der Waals surface area contributed by atoms with E-state index in [0.29, 0.717) is 5.56 Å². The number of carbonyl (C=O) groups excluding carboxylic acids is 1. The summed E-state index contributed by atoms with van der Waals surface area (Å²) in [6.07, 6.45) is 4.87. The van der Waals surface area contributed by atoms with E-state index >= 15 is 0 Å². The predicted octanol–water partition coefficient (Wildman–Crippen LogP) is 4.03. The maximum absolute atomic E-state index is 12.1. The number of fused-ring (bicyclic) bond motifs is 1. The number of hydrogen-bond acceptors (Lipinski definition) is 2. The number of benzene rings is 2. The quantitative estimate of drug-likeness (QED) is 0.675. The molecule has 118 valence electrons. The minimum atomic E-state index is -0.175. The molecule has 1 aliphatic carbocycles. The molecule has 3 nitrogen and oxygen atoms in total. The molecule has 0 heterocycles. The van der Waals surface area contributed by atoms with Crippen LogP contribution >= 0.6 is 0 Å². The van der Waals surface area contributed by atoms with Gasteiger partial charge in [-0.1, -0.05) is 29.8 Å². The van der Waals surface area contributed by atoms with Crippen molar-refractivity contribution in [2.24, 2.45) is 5.10 Å². The molecule has 0 saturated carbocycles. The Morgan fingerprint density at radius 2 is 1.78 bits per heavy atom. The van der Waals surface area contributed by atoms with E-state index in [2.05, 4.69) is 28.7 Å². The Hall–Kier alpha value is -2.42. The van der Waals surface area contributed by atoms with Gasteiger partial charge in [0.15, 0.2) is 0 Å². The van der Waals surface area contributed by atoms with E-state index in [4.69, 9.17) is 0 Å². The van der Waals surface area contributed by atoms with Gasteiger partial charge in [-0.15, -0.1) is 0 Å². The van der Waals surface area contributed by atoms with Crippen LogP contribution in [-0.4, -0.2) is 11.6 Å².